The summed E-state index contributed by atoms with van der Waals surface area (Å²) in [5, 5.41) is 0. The van der Waals surface area contributed by atoms with Gasteiger partial charge in [-0.25, -0.2) is 0 Å². The number of esters is 2. The first kappa shape index (κ1) is 14.5. The molecule has 106 valence electrons. The number of fused-ring (bicyclic) bond motifs is 1. The summed E-state index contributed by atoms with van der Waals surface area (Å²) in [6.07, 6.45) is 15.7. The van der Waals surface area contributed by atoms with Crippen LogP contribution in [0.5, 0.6) is 0 Å². The van der Waals surface area contributed by atoms with Gasteiger partial charge in [-0.1, -0.05) is 48.6 Å². The van der Waals surface area contributed by atoms with Gasteiger partial charge in [0.1, 0.15) is 10.8 Å². The van der Waals surface area contributed by atoms with Crippen molar-refractivity contribution >= 4 is 11.9 Å². The lowest BCUT2D eigenvalue weighted by Crippen LogP contribution is -2.47. The van der Waals surface area contributed by atoms with Crippen LogP contribution >= 0.6 is 0 Å². The molecule has 0 aromatic rings. The third-order valence-corrected chi connectivity index (χ3v) is 4.18. The van der Waals surface area contributed by atoms with Crippen molar-refractivity contribution in [3.8, 4) is 0 Å². The van der Waals surface area contributed by atoms with Gasteiger partial charge in [-0.05, 0) is 27.2 Å². The maximum absolute atomic E-state index is 12.5. The highest BCUT2D eigenvalue weighted by molar-refractivity contribution is 6.06. The second-order valence-corrected chi connectivity index (χ2v) is 5.19. The molecule has 3 atom stereocenters. The van der Waals surface area contributed by atoms with Gasteiger partial charge in [0, 0.05) is 5.92 Å². The van der Waals surface area contributed by atoms with Crippen LogP contribution in [0.4, 0.5) is 0 Å². The summed E-state index contributed by atoms with van der Waals surface area (Å²) in [7, 11) is 0. The standard InChI is InChI=1S/C17H20O3/c1-4-8-13-9-7-12-16(10-5-2)14(18)20-15(19)17(13,16)11-6-3/h4-8,10-13H,9H2,1-3H3. The van der Waals surface area contributed by atoms with E-state index in [1.165, 1.54) is 0 Å². The molecule has 0 aromatic heterocycles. The van der Waals surface area contributed by atoms with Crippen LogP contribution in [0.2, 0.25) is 0 Å². The van der Waals surface area contributed by atoms with Crippen LogP contribution in [0.15, 0.2) is 48.6 Å². The van der Waals surface area contributed by atoms with Crippen LogP contribution in [0.25, 0.3) is 0 Å². The minimum atomic E-state index is -1.02. The van der Waals surface area contributed by atoms with Gasteiger partial charge in [-0.2, -0.15) is 0 Å². The molecule has 20 heavy (non-hydrogen) atoms. The van der Waals surface area contributed by atoms with E-state index >= 15 is 0 Å². The van der Waals surface area contributed by atoms with E-state index < -0.39 is 22.8 Å². The van der Waals surface area contributed by atoms with E-state index in [1.807, 2.05) is 57.2 Å². The molecule has 1 fully saturated rings. The van der Waals surface area contributed by atoms with Crippen LogP contribution in [0, 0.1) is 16.7 Å². The zero-order valence-corrected chi connectivity index (χ0v) is 12.1. The number of rotatable bonds is 3. The molecule has 0 radical (unpaired) electrons. The molecule has 0 spiro atoms. The Hall–Kier alpha value is -1.90. The van der Waals surface area contributed by atoms with E-state index in [9.17, 15) is 9.59 Å². The maximum atomic E-state index is 12.5. The fraction of sp³-hybridized carbons (Fsp3) is 0.412. The Morgan fingerprint density at radius 1 is 1.10 bits per heavy atom. The van der Waals surface area contributed by atoms with Gasteiger partial charge in [0.2, 0.25) is 0 Å². The summed E-state index contributed by atoms with van der Waals surface area (Å²) in [6.45, 7) is 5.62. The molecule has 1 aliphatic carbocycles. The molecular formula is C17H20O3. The highest BCUT2D eigenvalue weighted by atomic mass is 16.6. The molecule has 3 heteroatoms. The zero-order chi connectivity index (χ0) is 14.8. The van der Waals surface area contributed by atoms with Crippen molar-refractivity contribution in [1.82, 2.24) is 0 Å². The van der Waals surface area contributed by atoms with Gasteiger partial charge in [0.25, 0.3) is 0 Å². The van der Waals surface area contributed by atoms with Gasteiger partial charge < -0.3 is 4.74 Å². The average Bonchev–Trinajstić information content (AvgIpc) is 2.62. The first-order valence-corrected chi connectivity index (χ1v) is 6.94. The van der Waals surface area contributed by atoms with Crippen molar-refractivity contribution in [1.29, 1.82) is 0 Å². The minimum Gasteiger partial charge on any atom is -0.392 e. The van der Waals surface area contributed by atoms with Crippen LogP contribution in [-0.4, -0.2) is 11.9 Å². The van der Waals surface area contributed by atoms with E-state index in [1.54, 1.807) is 12.2 Å². The number of carbonyl (C=O) groups is 2. The molecule has 0 amide bonds. The smallest absolute Gasteiger partial charge is 0.329 e. The molecule has 3 unspecified atom stereocenters. The largest absolute Gasteiger partial charge is 0.392 e. The molecular weight excluding hydrogens is 252 g/mol. The lowest BCUT2D eigenvalue weighted by Gasteiger charge is -2.41. The van der Waals surface area contributed by atoms with Crippen molar-refractivity contribution in [3.05, 3.63) is 48.6 Å². The molecule has 1 heterocycles. The Balaban J connectivity index is 2.77. The van der Waals surface area contributed by atoms with Crippen LogP contribution in [0.3, 0.4) is 0 Å². The number of hydrogen-bond acceptors (Lipinski definition) is 3. The third-order valence-electron chi connectivity index (χ3n) is 4.18. The number of ether oxygens (including phenoxy) is 1. The average molecular weight is 272 g/mol. The SMILES string of the molecule is CC=CC1CC=CC2(C=CC)C(=O)OC(=O)C12C=CC. The number of cyclic esters (lactones) is 2. The van der Waals surface area contributed by atoms with E-state index in [2.05, 4.69) is 0 Å². The predicted octanol–water partition coefficient (Wildman–Crippen LogP) is 3.35. The zero-order valence-electron chi connectivity index (χ0n) is 12.1. The van der Waals surface area contributed by atoms with Crippen LogP contribution in [-0.2, 0) is 14.3 Å². The molecule has 0 bridgehead atoms. The molecule has 2 rings (SSSR count). The third kappa shape index (κ3) is 1.65. The lowest BCUT2D eigenvalue weighted by atomic mass is 9.54. The Kier molecular flexibility index (Phi) is 3.80. The highest BCUT2D eigenvalue weighted by Crippen LogP contribution is 2.58. The number of hydrogen-bond donors (Lipinski definition) is 0. The summed E-state index contributed by atoms with van der Waals surface area (Å²) in [5.74, 6) is -1.01. The van der Waals surface area contributed by atoms with Gasteiger partial charge in [-0.15, -0.1) is 0 Å². The van der Waals surface area contributed by atoms with Gasteiger partial charge in [0.05, 0.1) is 0 Å². The predicted molar refractivity (Wildman–Crippen MR) is 77.7 cm³/mol. The Morgan fingerprint density at radius 2 is 1.80 bits per heavy atom. The van der Waals surface area contributed by atoms with Crippen molar-refractivity contribution in [2.24, 2.45) is 16.7 Å². The number of allylic oxidation sites excluding steroid dienone is 5. The highest BCUT2D eigenvalue weighted by Gasteiger charge is 2.68. The normalized spacial score (nSPS) is 37.2. The van der Waals surface area contributed by atoms with E-state index in [0.29, 0.717) is 0 Å². The lowest BCUT2D eigenvalue weighted by molar-refractivity contribution is -0.155. The summed E-state index contributed by atoms with van der Waals surface area (Å²) in [5.41, 5.74) is -1.99. The minimum absolute atomic E-state index is 0.0798. The Bertz CT molecular complexity index is 538. The van der Waals surface area contributed by atoms with Crippen LogP contribution in [0.1, 0.15) is 27.2 Å². The van der Waals surface area contributed by atoms with E-state index in [0.717, 1.165) is 6.42 Å². The van der Waals surface area contributed by atoms with Crippen molar-refractivity contribution in [2.45, 2.75) is 27.2 Å². The summed E-state index contributed by atoms with van der Waals surface area (Å²) in [6, 6.07) is 0. The van der Waals surface area contributed by atoms with Gasteiger partial charge >= 0.3 is 11.9 Å². The van der Waals surface area contributed by atoms with E-state index in [-0.39, 0.29) is 5.92 Å². The Labute approximate surface area is 119 Å². The summed E-state index contributed by atoms with van der Waals surface area (Å²) in [4.78, 5) is 24.9. The fourth-order valence-electron chi connectivity index (χ4n) is 3.42. The monoisotopic (exact) mass is 272 g/mol. The van der Waals surface area contributed by atoms with Gasteiger partial charge in [0.15, 0.2) is 0 Å². The topological polar surface area (TPSA) is 43.4 Å². The first-order chi connectivity index (χ1) is 9.59. The molecule has 0 N–H and O–H groups in total. The second-order valence-electron chi connectivity index (χ2n) is 5.19. The molecule has 1 saturated heterocycles. The van der Waals surface area contributed by atoms with Crippen molar-refractivity contribution in [2.75, 3.05) is 0 Å². The first-order valence-electron chi connectivity index (χ1n) is 6.94. The second kappa shape index (κ2) is 5.23. The van der Waals surface area contributed by atoms with Gasteiger partial charge in [-0.3, -0.25) is 9.59 Å². The molecule has 0 aromatic carbocycles. The maximum Gasteiger partial charge on any atom is 0.329 e. The molecule has 2 aliphatic rings. The van der Waals surface area contributed by atoms with Crippen LogP contribution < -0.4 is 0 Å². The van der Waals surface area contributed by atoms with E-state index in [4.69, 9.17) is 4.74 Å². The Morgan fingerprint density at radius 3 is 2.40 bits per heavy atom. The quantitative estimate of drug-likeness (QED) is 0.449. The summed E-state index contributed by atoms with van der Waals surface area (Å²) >= 11 is 0. The fourth-order valence-corrected chi connectivity index (χ4v) is 3.42. The van der Waals surface area contributed by atoms with Crippen molar-refractivity contribution < 1.29 is 14.3 Å². The molecule has 3 nitrogen and oxygen atoms in total. The molecule has 0 saturated carbocycles. The number of carbonyl (C=O) groups excluding carboxylic acids is 2. The van der Waals surface area contributed by atoms with Crippen molar-refractivity contribution in [3.63, 3.8) is 0 Å². The summed E-state index contributed by atoms with van der Waals surface area (Å²) < 4.78 is 5.03. The molecule has 1 aliphatic heterocycles.